The average molecular weight is 312 g/mol. The van der Waals surface area contributed by atoms with Crippen LogP contribution in [0.5, 0.6) is 0 Å². The maximum atomic E-state index is 12.6. The van der Waals surface area contributed by atoms with Crippen molar-refractivity contribution in [2.45, 2.75) is 12.5 Å². The molecule has 4 amide bonds. The number of carbonyl (C=O) groups excluding carboxylic acids is 3. The van der Waals surface area contributed by atoms with Gasteiger partial charge in [-0.1, -0.05) is 6.07 Å². The van der Waals surface area contributed by atoms with Crippen LogP contribution in [0, 0.1) is 0 Å². The third kappa shape index (κ3) is 2.25. The lowest BCUT2D eigenvalue weighted by Gasteiger charge is -2.21. The fraction of sp³-hybridized carbons (Fsp3) is 0.312. The highest BCUT2D eigenvalue weighted by atomic mass is 16.2. The first-order valence-corrected chi connectivity index (χ1v) is 7.60. The van der Waals surface area contributed by atoms with Crippen molar-refractivity contribution in [2.75, 3.05) is 19.6 Å². The molecule has 3 heterocycles. The second-order valence-electron chi connectivity index (χ2n) is 5.90. The van der Waals surface area contributed by atoms with Gasteiger partial charge in [0.2, 0.25) is 5.91 Å². The minimum Gasteiger partial charge on any atom is -0.361 e. The highest BCUT2D eigenvalue weighted by Crippen LogP contribution is 2.21. The van der Waals surface area contributed by atoms with Gasteiger partial charge in [0.1, 0.15) is 0 Å². The Morgan fingerprint density at radius 2 is 2.09 bits per heavy atom. The van der Waals surface area contributed by atoms with Crippen LogP contribution in [0.3, 0.4) is 0 Å². The number of hydrogen-bond donors (Lipinski definition) is 2. The minimum absolute atomic E-state index is 0.0484. The number of nitrogens with one attached hydrogen (secondary N) is 2. The van der Waals surface area contributed by atoms with Crippen molar-refractivity contribution in [3.63, 3.8) is 0 Å². The Bertz CT molecular complexity index is 797. The minimum atomic E-state index is -0.359. The lowest BCUT2D eigenvalue weighted by atomic mass is 10.1. The van der Waals surface area contributed by atoms with E-state index in [1.807, 2.05) is 24.4 Å². The molecule has 2 aliphatic rings. The third-order valence-electron chi connectivity index (χ3n) is 4.50. The van der Waals surface area contributed by atoms with E-state index in [0.29, 0.717) is 25.1 Å². The number of rotatable bonds is 2. The molecular formula is C16H16N4O3. The number of urea groups is 1. The molecule has 2 aromatic rings. The molecule has 0 radical (unpaired) electrons. The van der Waals surface area contributed by atoms with E-state index in [1.165, 1.54) is 4.90 Å². The van der Waals surface area contributed by atoms with Crippen LogP contribution in [-0.2, 0) is 4.79 Å². The highest BCUT2D eigenvalue weighted by molar-refractivity contribution is 6.02. The van der Waals surface area contributed by atoms with E-state index in [4.69, 9.17) is 0 Å². The molecule has 2 saturated heterocycles. The SMILES string of the molecule is O=C(c1ccc2cc[nH]c2c1)N1CCC(N2C(=O)CNC2=O)C1. The number of hydrogen-bond acceptors (Lipinski definition) is 3. The number of amides is 4. The Morgan fingerprint density at radius 1 is 1.22 bits per heavy atom. The second kappa shape index (κ2) is 5.12. The van der Waals surface area contributed by atoms with Crippen LogP contribution in [0.15, 0.2) is 30.5 Å². The monoisotopic (exact) mass is 312 g/mol. The van der Waals surface area contributed by atoms with E-state index in [-0.39, 0.29) is 30.4 Å². The number of fused-ring (bicyclic) bond motifs is 1. The largest absolute Gasteiger partial charge is 0.361 e. The molecule has 0 saturated carbocycles. The van der Waals surface area contributed by atoms with Crippen molar-refractivity contribution in [1.82, 2.24) is 20.1 Å². The van der Waals surface area contributed by atoms with Gasteiger partial charge in [0.05, 0.1) is 12.6 Å². The molecule has 1 atom stereocenters. The highest BCUT2D eigenvalue weighted by Gasteiger charge is 2.39. The van der Waals surface area contributed by atoms with Gasteiger partial charge in [-0.2, -0.15) is 0 Å². The number of aromatic nitrogens is 1. The van der Waals surface area contributed by atoms with Crippen molar-refractivity contribution in [2.24, 2.45) is 0 Å². The van der Waals surface area contributed by atoms with Crippen molar-refractivity contribution in [1.29, 1.82) is 0 Å². The molecule has 0 spiro atoms. The van der Waals surface area contributed by atoms with Crippen LogP contribution < -0.4 is 5.32 Å². The molecule has 0 aliphatic carbocycles. The first-order valence-electron chi connectivity index (χ1n) is 7.60. The zero-order valence-corrected chi connectivity index (χ0v) is 12.4. The van der Waals surface area contributed by atoms with Crippen LogP contribution in [0.25, 0.3) is 10.9 Å². The first kappa shape index (κ1) is 13.8. The maximum absolute atomic E-state index is 12.6. The standard InChI is InChI=1S/C16H16N4O3/c21-14-8-18-16(23)20(14)12-4-6-19(9-12)15(22)11-2-1-10-3-5-17-13(10)7-11/h1-3,5,7,12,17H,4,6,8-9H2,(H,18,23). The van der Waals surface area contributed by atoms with Gasteiger partial charge in [-0.3, -0.25) is 14.5 Å². The number of likely N-dealkylation sites (tertiary alicyclic amines) is 1. The number of benzene rings is 1. The molecule has 2 aliphatic heterocycles. The fourth-order valence-electron chi connectivity index (χ4n) is 3.30. The molecular weight excluding hydrogens is 296 g/mol. The second-order valence-corrected chi connectivity index (χ2v) is 5.90. The van der Waals surface area contributed by atoms with Crippen molar-refractivity contribution in [3.8, 4) is 0 Å². The number of nitrogens with zero attached hydrogens (tertiary/aromatic N) is 2. The molecule has 1 unspecified atom stereocenters. The summed E-state index contributed by atoms with van der Waals surface area (Å²) in [6, 6.07) is 6.90. The third-order valence-corrected chi connectivity index (χ3v) is 4.50. The van der Waals surface area contributed by atoms with Gasteiger partial charge < -0.3 is 15.2 Å². The Labute approximate surface area is 132 Å². The Morgan fingerprint density at radius 3 is 2.87 bits per heavy atom. The zero-order chi connectivity index (χ0) is 16.0. The molecule has 2 fully saturated rings. The van der Waals surface area contributed by atoms with Gasteiger partial charge in [0.15, 0.2) is 0 Å². The predicted molar refractivity (Wildman–Crippen MR) is 82.9 cm³/mol. The number of carbonyl (C=O) groups is 3. The first-order chi connectivity index (χ1) is 11.1. The van der Waals surface area contributed by atoms with E-state index in [1.54, 1.807) is 11.0 Å². The smallest absolute Gasteiger partial charge is 0.324 e. The summed E-state index contributed by atoms with van der Waals surface area (Å²) in [5.41, 5.74) is 1.53. The maximum Gasteiger partial charge on any atom is 0.324 e. The summed E-state index contributed by atoms with van der Waals surface area (Å²) in [4.78, 5) is 42.2. The summed E-state index contributed by atoms with van der Waals surface area (Å²) in [5, 5.41) is 3.57. The summed E-state index contributed by atoms with van der Waals surface area (Å²) in [6.07, 6.45) is 2.46. The molecule has 1 aromatic heterocycles. The average Bonchev–Trinajstić information content (AvgIpc) is 3.26. The van der Waals surface area contributed by atoms with E-state index in [9.17, 15) is 14.4 Å². The van der Waals surface area contributed by atoms with Crippen molar-refractivity contribution >= 4 is 28.7 Å². The van der Waals surface area contributed by atoms with Crippen LogP contribution >= 0.6 is 0 Å². The van der Waals surface area contributed by atoms with Gasteiger partial charge >= 0.3 is 6.03 Å². The number of H-pyrrole nitrogens is 1. The van der Waals surface area contributed by atoms with E-state index < -0.39 is 0 Å². The number of aromatic amines is 1. The van der Waals surface area contributed by atoms with E-state index in [2.05, 4.69) is 10.3 Å². The van der Waals surface area contributed by atoms with Gasteiger partial charge in [0.25, 0.3) is 5.91 Å². The van der Waals surface area contributed by atoms with Crippen molar-refractivity contribution < 1.29 is 14.4 Å². The fourth-order valence-corrected chi connectivity index (χ4v) is 3.30. The Kier molecular flexibility index (Phi) is 3.07. The number of imide groups is 1. The van der Waals surface area contributed by atoms with Gasteiger partial charge in [-0.15, -0.1) is 0 Å². The van der Waals surface area contributed by atoms with E-state index >= 15 is 0 Å². The molecule has 7 nitrogen and oxygen atoms in total. The van der Waals surface area contributed by atoms with Crippen LogP contribution in [-0.4, -0.2) is 58.3 Å². The quantitative estimate of drug-likeness (QED) is 0.809. The Hall–Kier alpha value is -2.83. The summed E-state index contributed by atoms with van der Waals surface area (Å²) < 4.78 is 0. The molecule has 2 N–H and O–H groups in total. The van der Waals surface area contributed by atoms with Gasteiger partial charge in [0, 0.05) is 30.4 Å². The molecule has 23 heavy (non-hydrogen) atoms. The van der Waals surface area contributed by atoms with Crippen LogP contribution in [0.1, 0.15) is 16.8 Å². The molecule has 1 aromatic carbocycles. The lowest BCUT2D eigenvalue weighted by molar-refractivity contribution is -0.126. The Balaban J connectivity index is 1.51. The normalized spacial score (nSPS) is 21.3. The van der Waals surface area contributed by atoms with Gasteiger partial charge in [-0.05, 0) is 30.0 Å². The molecule has 4 rings (SSSR count). The summed E-state index contributed by atoms with van der Waals surface area (Å²) >= 11 is 0. The predicted octanol–water partition coefficient (Wildman–Crippen LogP) is 0.934. The van der Waals surface area contributed by atoms with Gasteiger partial charge in [-0.25, -0.2) is 4.79 Å². The molecule has 0 bridgehead atoms. The van der Waals surface area contributed by atoms with Crippen LogP contribution in [0.4, 0.5) is 4.79 Å². The topological polar surface area (TPSA) is 85.5 Å². The molecule has 118 valence electrons. The van der Waals surface area contributed by atoms with E-state index in [0.717, 1.165) is 10.9 Å². The molecule has 7 heteroatoms. The van der Waals surface area contributed by atoms with Crippen LogP contribution in [0.2, 0.25) is 0 Å². The summed E-state index contributed by atoms with van der Waals surface area (Å²) in [6.45, 7) is 0.983. The summed E-state index contributed by atoms with van der Waals surface area (Å²) in [7, 11) is 0. The summed E-state index contributed by atoms with van der Waals surface area (Å²) in [5.74, 6) is -0.293. The van der Waals surface area contributed by atoms with Crippen molar-refractivity contribution in [3.05, 3.63) is 36.0 Å². The zero-order valence-electron chi connectivity index (χ0n) is 12.4. The lowest BCUT2D eigenvalue weighted by Crippen LogP contribution is -2.42.